The van der Waals surface area contributed by atoms with E-state index in [0.29, 0.717) is 0 Å². The smallest absolute Gasteiger partial charge is 0.421 e. The van der Waals surface area contributed by atoms with Crippen molar-refractivity contribution in [1.29, 1.82) is 0 Å². The molecule has 0 amide bonds. The van der Waals surface area contributed by atoms with Crippen molar-refractivity contribution in [2.24, 2.45) is 0 Å². The van der Waals surface area contributed by atoms with Gasteiger partial charge in [-0.15, -0.1) is 0 Å². The lowest BCUT2D eigenvalue weighted by Gasteiger charge is -2.12. The molecule has 0 saturated carbocycles. The minimum atomic E-state index is -4.61. The number of alkyl halides is 3. The van der Waals surface area contributed by atoms with Gasteiger partial charge in [-0.25, -0.2) is 0 Å². The number of anilines is 1. The third kappa shape index (κ3) is 1.88. The van der Waals surface area contributed by atoms with E-state index in [-0.39, 0.29) is 10.2 Å². The summed E-state index contributed by atoms with van der Waals surface area (Å²) in [6, 6.07) is 2.33. The predicted molar refractivity (Wildman–Crippen MR) is 45.2 cm³/mol. The number of phenolic OH excluding ortho intramolecular Hbond substituents is 1. The fourth-order valence-electron chi connectivity index (χ4n) is 0.852. The Balaban J connectivity index is 3.43. The molecule has 13 heavy (non-hydrogen) atoms. The van der Waals surface area contributed by atoms with Crippen LogP contribution in [0.2, 0.25) is 0 Å². The second-order valence-electron chi connectivity index (χ2n) is 2.36. The SMILES string of the molecule is Nc1ccc(Br)c(C(F)(F)F)c1O. The molecule has 0 spiro atoms. The van der Waals surface area contributed by atoms with Crippen LogP contribution in [0.15, 0.2) is 16.6 Å². The number of nitrogens with two attached hydrogens (primary N) is 1. The maximum absolute atomic E-state index is 12.2. The summed E-state index contributed by atoms with van der Waals surface area (Å²) in [5.74, 6) is -0.943. The highest BCUT2D eigenvalue weighted by Gasteiger charge is 2.36. The van der Waals surface area contributed by atoms with Crippen LogP contribution in [-0.2, 0) is 6.18 Å². The van der Waals surface area contributed by atoms with Crippen LogP contribution in [0.5, 0.6) is 5.75 Å². The predicted octanol–water partition coefficient (Wildman–Crippen LogP) is 2.76. The molecule has 1 rings (SSSR count). The van der Waals surface area contributed by atoms with Crippen LogP contribution in [0.1, 0.15) is 5.56 Å². The van der Waals surface area contributed by atoms with E-state index in [1.165, 1.54) is 6.07 Å². The molecule has 0 unspecified atom stereocenters. The number of phenols is 1. The first kappa shape index (κ1) is 10.2. The lowest BCUT2D eigenvalue weighted by Crippen LogP contribution is -2.07. The van der Waals surface area contributed by atoms with Gasteiger partial charge in [0.25, 0.3) is 0 Å². The van der Waals surface area contributed by atoms with E-state index in [2.05, 4.69) is 15.9 Å². The third-order valence-electron chi connectivity index (χ3n) is 1.44. The number of hydrogen-bond donors (Lipinski definition) is 2. The molecule has 0 heterocycles. The molecule has 72 valence electrons. The lowest BCUT2D eigenvalue weighted by atomic mass is 10.1. The number of benzene rings is 1. The Morgan fingerprint density at radius 2 is 1.85 bits per heavy atom. The second kappa shape index (κ2) is 3.10. The topological polar surface area (TPSA) is 46.2 Å². The number of halogens is 4. The summed E-state index contributed by atoms with van der Waals surface area (Å²) in [6.45, 7) is 0. The molecule has 6 heteroatoms. The Morgan fingerprint density at radius 3 is 2.23 bits per heavy atom. The van der Waals surface area contributed by atoms with Gasteiger partial charge in [0.2, 0.25) is 0 Å². The largest absolute Gasteiger partial charge is 0.505 e. The molecular weight excluding hydrogens is 251 g/mol. The number of nitrogen functional groups attached to an aromatic ring is 1. The van der Waals surface area contributed by atoms with E-state index in [1.54, 1.807) is 0 Å². The fourth-order valence-corrected chi connectivity index (χ4v) is 1.40. The Morgan fingerprint density at radius 1 is 1.31 bits per heavy atom. The quantitative estimate of drug-likeness (QED) is 0.553. The van der Waals surface area contributed by atoms with Crippen LogP contribution in [0.25, 0.3) is 0 Å². The standard InChI is InChI=1S/C7H5BrF3NO/c8-3-1-2-4(12)6(13)5(3)7(9,10)11/h1-2,13H,12H2. The molecule has 0 radical (unpaired) electrons. The average molecular weight is 256 g/mol. The van der Waals surface area contributed by atoms with Crippen molar-refractivity contribution in [2.45, 2.75) is 6.18 Å². The Hall–Kier alpha value is -0.910. The average Bonchev–Trinajstić information content (AvgIpc) is 1.95. The van der Waals surface area contributed by atoms with Crippen molar-refractivity contribution in [2.75, 3.05) is 5.73 Å². The van der Waals surface area contributed by atoms with Crippen molar-refractivity contribution in [3.8, 4) is 5.75 Å². The van der Waals surface area contributed by atoms with E-state index in [4.69, 9.17) is 10.8 Å². The molecule has 0 atom stereocenters. The zero-order valence-electron chi connectivity index (χ0n) is 6.19. The van der Waals surface area contributed by atoms with Gasteiger partial charge in [0.15, 0.2) is 5.75 Å². The molecule has 1 aromatic carbocycles. The number of rotatable bonds is 0. The minimum absolute atomic E-state index is 0.230. The Kier molecular flexibility index (Phi) is 2.42. The van der Waals surface area contributed by atoms with Gasteiger partial charge in [-0.3, -0.25) is 0 Å². The highest BCUT2D eigenvalue weighted by Crippen LogP contribution is 2.43. The lowest BCUT2D eigenvalue weighted by molar-refractivity contribution is -0.139. The minimum Gasteiger partial charge on any atom is -0.505 e. The molecule has 0 saturated heterocycles. The summed E-state index contributed by atoms with van der Waals surface area (Å²) in [6.07, 6.45) is -4.61. The van der Waals surface area contributed by atoms with Gasteiger partial charge in [0.1, 0.15) is 5.56 Å². The van der Waals surface area contributed by atoms with Crippen molar-refractivity contribution < 1.29 is 18.3 Å². The van der Waals surface area contributed by atoms with Gasteiger partial charge in [-0.2, -0.15) is 13.2 Å². The molecule has 0 bridgehead atoms. The highest BCUT2D eigenvalue weighted by atomic mass is 79.9. The third-order valence-corrected chi connectivity index (χ3v) is 2.10. The van der Waals surface area contributed by atoms with Crippen LogP contribution in [-0.4, -0.2) is 5.11 Å². The zero-order chi connectivity index (χ0) is 10.2. The van der Waals surface area contributed by atoms with Crippen LogP contribution >= 0.6 is 15.9 Å². The first-order valence-electron chi connectivity index (χ1n) is 3.18. The zero-order valence-corrected chi connectivity index (χ0v) is 7.78. The molecule has 0 aliphatic heterocycles. The van der Waals surface area contributed by atoms with Crippen molar-refractivity contribution in [3.05, 3.63) is 22.2 Å². The van der Waals surface area contributed by atoms with E-state index >= 15 is 0 Å². The van der Waals surface area contributed by atoms with Gasteiger partial charge in [0.05, 0.1) is 5.69 Å². The van der Waals surface area contributed by atoms with Crippen LogP contribution in [0.4, 0.5) is 18.9 Å². The van der Waals surface area contributed by atoms with Gasteiger partial charge in [-0.05, 0) is 12.1 Å². The molecule has 0 aliphatic carbocycles. The summed E-state index contributed by atoms with van der Waals surface area (Å²) in [5, 5.41) is 9.04. The Bertz CT molecular complexity index is 337. The normalized spacial score (nSPS) is 11.7. The van der Waals surface area contributed by atoms with Gasteiger partial charge in [-0.1, -0.05) is 15.9 Å². The van der Waals surface area contributed by atoms with Crippen molar-refractivity contribution in [1.82, 2.24) is 0 Å². The van der Waals surface area contributed by atoms with Crippen LogP contribution in [0.3, 0.4) is 0 Å². The first-order valence-corrected chi connectivity index (χ1v) is 3.97. The van der Waals surface area contributed by atoms with Gasteiger partial charge < -0.3 is 10.8 Å². The Labute approximate surface area is 80.3 Å². The van der Waals surface area contributed by atoms with Gasteiger partial charge >= 0.3 is 6.18 Å². The maximum Gasteiger partial charge on any atom is 0.421 e. The molecule has 3 N–H and O–H groups in total. The summed E-state index contributed by atoms with van der Waals surface area (Å²) < 4.78 is 36.5. The van der Waals surface area contributed by atoms with E-state index in [9.17, 15) is 13.2 Å². The molecule has 0 aliphatic rings. The van der Waals surface area contributed by atoms with E-state index in [0.717, 1.165) is 6.07 Å². The number of aromatic hydroxyl groups is 1. The van der Waals surface area contributed by atoms with Crippen LogP contribution < -0.4 is 5.73 Å². The summed E-state index contributed by atoms with van der Waals surface area (Å²) in [5.41, 5.74) is 3.67. The van der Waals surface area contributed by atoms with Crippen molar-refractivity contribution >= 4 is 21.6 Å². The van der Waals surface area contributed by atoms with E-state index in [1.807, 2.05) is 0 Å². The monoisotopic (exact) mass is 255 g/mol. The van der Waals surface area contributed by atoms with Crippen LogP contribution in [0, 0.1) is 0 Å². The van der Waals surface area contributed by atoms with Gasteiger partial charge in [0, 0.05) is 4.47 Å². The summed E-state index contributed by atoms with van der Waals surface area (Å²) >= 11 is 2.68. The maximum atomic E-state index is 12.2. The summed E-state index contributed by atoms with van der Waals surface area (Å²) in [4.78, 5) is 0. The number of hydrogen-bond acceptors (Lipinski definition) is 2. The molecule has 1 aromatic rings. The highest BCUT2D eigenvalue weighted by molar-refractivity contribution is 9.10. The summed E-state index contributed by atoms with van der Waals surface area (Å²) in [7, 11) is 0. The molecule has 0 aromatic heterocycles. The molecular formula is C7H5BrF3NO. The second-order valence-corrected chi connectivity index (χ2v) is 3.21. The molecule has 0 fully saturated rings. The van der Waals surface area contributed by atoms with Crippen molar-refractivity contribution in [3.63, 3.8) is 0 Å². The van der Waals surface area contributed by atoms with E-state index < -0.39 is 17.5 Å². The fraction of sp³-hybridized carbons (Fsp3) is 0.143. The molecule has 2 nitrogen and oxygen atoms in total. The first-order chi connectivity index (χ1) is 5.84.